The van der Waals surface area contributed by atoms with Crippen molar-refractivity contribution in [2.45, 2.75) is 69.4 Å². The molecule has 22 heavy (non-hydrogen) atoms. The lowest BCUT2D eigenvalue weighted by molar-refractivity contribution is -0.133. The lowest BCUT2D eigenvalue weighted by Gasteiger charge is -2.39. The molecule has 1 spiro atoms. The molecule has 4 fully saturated rings. The molecule has 1 amide bonds. The van der Waals surface area contributed by atoms with E-state index < -0.39 is 0 Å². The Balaban J connectivity index is 1.42. The zero-order valence-corrected chi connectivity index (χ0v) is 13.8. The highest BCUT2D eigenvalue weighted by Crippen LogP contribution is 2.40. The predicted molar refractivity (Wildman–Crippen MR) is 85.7 cm³/mol. The summed E-state index contributed by atoms with van der Waals surface area (Å²) >= 11 is 0. The Morgan fingerprint density at radius 3 is 2.73 bits per heavy atom. The molecule has 124 valence electrons. The number of carbonyl (C=O) groups excluding carboxylic acids is 1. The summed E-state index contributed by atoms with van der Waals surface area (Å²) < 4.78 is 5.81. The number of carbonyl (C=O) groups is 1. The summed E-state index contributed by atoms with van der Waals surface area (Å²) in [6.45, 7) is 5.46. The number of amides is 1. The number of hydrogen-bond acceptors (Lipinski definition) is 3. The molecule has 1 saturated carbocycles. The second-order valence-corrected chi connectivity index (χ2v) is 7.96. The quantitative estimate of drug-likeness (QED) is 0.800. The van der Waals surface area contributed by atoms with Gasteiger partial charge in [0.25, 0.3) is 0 Å². The van der Waals surface area contributed by atoms with E-state index >= 15 is 0 Å². The van der Waals surface area contributed by atoms with Gasteiger partial charge in [-0.2, -0.15) is 0 Å². The first-order valence-electron chi connectivity index (χ1n) is 9.40. The molecule has 0 aromatic rings. The highest BCUT2D eigenvalue weighted by molar-refractivity contribution is 5.79. The molecular formula is C18H30N2O2. The first-order valence-corrected chi connectivity index (χ1v) is 9.40. The van der Waals surface area contributed by atoms with Crippen LogP contribution >= 0.6 is 0 Å². The Kier molecular flexibility index (Phi) is 4.16. The fourth-order valence-electron chi connectivity index (χ4n) is 4.76. The SMILES string of the molecule is O=C1CC[C@@]2(CCCN(CC3CC3)CC2)N1C[C@H]1CCCO1. The first-order chi connectivity index (χ1) is 10.8. The molecule has 0 bridgehead atoms. The standard InChI is InChI=1S/C18H30N2O2/c21-17-6-8-18(20(17)14-16-3-1-12-22-16)7-2-10-19(11-9-18)13-15-4-5-15/h15-16H,1-14H2/t16-,18-/m1/s1. The zero-order chi connectivity index (χ0) is 15.0. The zero-order valence-electron chi connectivity index (χ0n) is 13.8. The summed E-state index contributed by atoms with van der Waals surface area (Å²) in [6.07, 6.45) is 10.9. The van der Waals surface area contributed by atoms with E-state index in [4.69, 9.17) is 4.74 Å². The smallest absolute Gasteiger partial charge is 0.223 e. The normalized spacial score (nSPS) is 37.2. The van der Waals surface area contributed by atoms with Gasteiger partial charge in [-0.1, -0.05) is 0 Å². The molecule has 0 radical (unpaired) electrons. The van der Waals surface area contributed by atoms with Crippen molar-refractivity contribution >= 4 is 5.91 Å². The van der Waals surface area contributed by atoms with Gasteiger partial charge in [0.1, 0.15) is 0 Å². The lowest BCUT2D eigenvalue weighted by atomic mass is 9.87. The molecule has 0 aromatic carbocycles. The van der Waals surface area contributed by atoms with Crippen LogP contribution in [-0.2, 0) is 9.53 Å². The molecular weight excluding hydrogens is 276 g/mol. The summed E-state index contributed by atoms with van der Waals surface area (Å²) in [5.74, 6) is 1.35. The molecule has 0 aromatic heterocycles. The van der Waals surface area contributed by atoms with Crippen molar-refractivity contribution in [2.24, 2.45) is 5.92 Å². The third-order valence-corrected chi connectivity index (χ3v) is 6.31. The van der Waals surface area contributed by atoms with E-state index in [0.717, 1.165) is 44.8 Å². The van der Waals surface area contributed by atoms with Crippen LogP contribution in [0.5, 0.6) is 0 Å². The van der Waals surface area contributed by atoms with Gasteiger partial charge in [0.15, 0.2) is 0 Å². The molecule has 3 saturated heterocycles. The van der Waals surface area contributed by atoms with Gasteiger partial charge in [0.05, 0.1) is 6.10 Å². The molecule has 0 N–H and O–H groups in total. The second-order valence-electron chi connectivity index (χ2n) is 7.96. The topological polar surface area (TPSA) is 32.8 Å². The van der Waals surface area contributed by atoms with Crippen LogP contribution < -0.4 is 0 Å². The molecule has 3 heterocycles. The minimum atomic E-state index is 0.154. The molecule has 0 unspecified atom stereocenters. The second kappa shape index (κ2) is 6.12. The van der Waals surface area contributed by atoms with Crippen LogP contribution in [0.4, 0.5) is 0 Å². The number of rotatable bonds is 4. The average Bonchev–Trinajstić information content (AvgIpc) is 3.15. The third kappa shape index (κ3) is 3.05. The van der Waals surface area contributed by atoms with E-state index in [1.165, 1.54) is 51.7 Å². The van der Waals surface area contributed by atoms with Crippen molar-refractivity contribution in [3.05, 3.63) is 0 Å². The maximum absolute atomic E-state index is 12.5. The van der Waals surface area contributed by atoms with E-state index in [1.54, 1.807) is 0 Å². The summed E-state index contributed by atoms with van der Waals surface area (Å²) in [6, 6.07) is 0. The van der Waals surface area contributed by atoms with Crippen LogP contribution in [-0.4, -0.2) is 60.1 Å². The minimum Gasteiger partial charge on any atom is -0.376 e. The van der Waals surface area contributed by atoms with Crippen molar-refractivity contribution in [3.63, 3.8) is 0 Å². The van der Waals surface area contributed by atoms with Crippen LogP contribution in [0.1, 0.15) is 57.8 Å². The molecule has 4 rings (SSSR count). The summed E-state index contributed by atoms with van der Waals surface area (Å²) in [4.78, 5) is 17.4. The average molecular weight is 306 g/mol. The molecule has 4 nitrogen and oxygen atoms in total. The predicted octanol–water partition coefficient (Wildman–Crippen LogP) is 2.42. The first kappa shape index (κ1) is 14.9. The van der Waals surface area contributed by atoms with Crippen molar-refractivity contribution in [1.82, 2.24) is 9.80 Å². The summed E-state index contributed by atoms with van der Waals surface area (Å²) in [5, 5.41) is 0. The van der Waals surface area contributed by atoms with Gasteiger partial charge in [-0.3, -0.25) is 4.79 Å². The number of nitrogens with zero attached hydrogens (tertiary/aromatic N) is 2. The van der Waals surface area contributed by atoms with Gasteiger partial charge in [-0.25, -0.2) is 0 Å². The highest BCUT2D eigenvalue weighted by Gasteiger charge is 2.46. The number of hydrogen-bond donors (Lipinski definition) is 0. The van der Waals surface area contributed by atoms with E-state index in [-0.39, 0.29) is 5.54 Å². The fourth-order valence-corrected chi connectivity index (χ4v) is 4.76. The van der Waals surface area contributed by atoms with Gasteiger partial charge in [0, 0.05) is 38.2 Å². The van der Waals surface area contributed by atoms with Crippen molar-refractivity contribution in [2.75, 3.05) is 32.8 Å². The Hall–Kier alpha value is -0.610. The van der Waals surface area contributed by atoms with Crippen LogP contribution in [0.25, 0.3) is 0 Å². The summed E-state index contributed by atoms with van der Waals surface area (Å²) in [5.41, 5.74) is 0.154. The third-order valence-electron chi connectivity index (χ3n) is 6.31. The Bertz CT molecular complexity index is 417. The van der Waals surface area contributed by atoms with Gasteiger partial charge in [-0.15, -0.1) is 0 Å². The van der Waals surface area contributed by atoms with E-state index in [0.29, 0.717) is 12.0 Å². The highest BCUT2D eigenvalue weighted by atomic mass is 16.5. The molecule has 4 heteroatoms. The fraction of sp³-hybridized carbons (Fsp3) is 0.944. The maximum atomic E-state index is 12.5. The van der Waals surface area contributed by atoms with E-state index in [1.807, 2.05) is 0 Å². The number of ether oxygens (including phenoxy) is 1. The van der Waals surface area contributed by atoms with Crippen LogP contribution in [0.15, 0.2) is 0 Å². The van der Waals surface area contributed by atoms with Gasteiger partial charge < -0.3 is 14.5 Å². The monoisotopic (exact) mass is 306 g/mol. The Morgan fingerprint density at radius 1 is 1.05 bits per heavy atom. The van der Waals surface area contributed by atoms with Crippen LogP contribution in [0, 0.1) is 5.92 Å². The van der Waals surface area contributed by atoms with Crippen molar-refractivity contribution in [1.29, 1.82) is 0 Å². The van der Waals surface area contributed by atoms with Gasteiger partial charge in [-0.05, 0) is 63.8 Å². The Labute approximate surface area is 134 Å². The van der Waals surface area contributed by atoms with Gasteiger partial charge in [0.2, 0.25) is 5.91 Å². The van der Waals surface area contributed by atoms with Crippen molar-refractivity contribution in [3.8, 4) is 0 Å². The van der Waals surface area contributed by atoms with Crippen LogP contribution in [0.2, 0.25) is 0 Å². The molecule has 2 atom stereocenters. The molecule has 4 aliphatic rings. The maximum Gasteiger partial charge on any atom is 0.223 e. The Morgan fingerprint density at radius 2 is 1.95 bits per heavy atom. The largest absolute Gasteiger partial charge is 0.376 e. The van der Waals surface area contributed by atoms with E-state index in [9.17, 15) is 4.79 Å². The van der Waals surface area contributed by atoms with Gasteiger partial charge >= 0.3 is 0 Å². The van der Waals surface area contributed by atoms with E-state index in [2.05, 4.69) is 9.80 Å². The molecule has 3 aliphatic heterocycles. The van der Waals surface area contributed by atoms with Crippen LogP contribution in [0.3, 0.4) is 0 Å². The summed E-state index contributed by atoms with van der Waals surface area (Å²) in [7, 11) is 0. The minimum absolute atomic E-state index is 0.154. The lowest BCUT2D eigenvalue weighted by Crippen LogP contribution is -2.49. The molecule has 1 aliphatic carbocycles. The number of likely N-dealkylation sites (tertiary alicyclic amines) is 2. The van der Waals surface area contributed by atoms with Crippen molar-refractivity contribution < 1.29 is 9.53 Å².